The molecule has 1 fully saturated rings. The molecule has 1 heterocycles. The molecule has 0 atom stereocenters. The molecule has 1 aliphatic rings. The summed E-state index contributed by atoms with van der Waals surface area (Å²) in [6.45, 7) is 0. The van der Waals surface area contributed by atoms with Crippen LogP contribution < -0.4 is 5.43 Å². The van der Waals surface area contributed by atoms with Gasteiger partial charge in [0.2, 0.25) is 0 Å². The van der Waals surface area contributed by atoms with E-state index in [9.17, 15) is 4.79 Å². The van der Waals surface area contributed by atoms with Crippen molar-refractivity contribution in [2.75, 3.05) is 5.75 Å². The number of rotatable bonds is 7. The van der Waals surface area contributed by atoms with Gasteiger partial charge in [0.25, 0.3) is 5.91 Å². The third-order valence-corrected chi connectivity index (χ3v) is 7.44. The predicted molar refractivity (Wildman–Crippen MR) is 136 cm³/mol. The van der Waals surface area contributed by atoms with E-state index >= 15 is 0 Å². The largest absolute Gasteiger partial charge is 0.299 e. The van der Waals surface area contributed by atoms with Gasteiger partial charge in [0.1, 0.15) is 0 Å². The summed E-state index contributed by atoms with van der Waals surface area (Å²) in [6.07, 6.45) is 7.21. The molecule has 0 unspecified atom stereocenters. The number of nitrogens with zero attached hydrogens (tertiary/aromatic N) is 4. The fraction of sp³-hybridized carbons (Fsp3) is 0.304. The standard InChI is InChI=1S/C23H22Cl3N5OS/c24-17-11-9-15(10-12-17)22-29-30-23(31(22)18-6-2-1-3-7-18)33-14-20(32)28-27-13-16-5-4-8-19(25)21(16)26/h4-5,8-13,18H,1-3,6-7,14H2,(H,28,32). The highest BCUT2D eigenvalue weighted by molar-refractivity contribution is 7.99. The van der Waals surface area contributed by atoms with Crippen LogP contribution >= 0.6 is 46.6 Å². The number of hydrogen-bond donors (Lipinski definition) is 1. The van der Waals surface area contributed by atoms with Crippen LogP contribution in [-0.2, 0) is 4.79 Å². The lowest BCUT2D eigenvalue weighted by Gasteiger charge is -2.25. The third-order valence-electron chi connectivity index (χ3n) is 5.41. The zero-order chi connectivity index (χ0) is 23.2. The molecule has 1 amide bonds. The van der Waals surface area contributed by atoms with Gasteiger partial charge in [-0.3, -0.25) is 9.36 Å². The van der Waals surface area contributed by atoms with Crippen LogP contribution in [0.2, 0.25) is 15.1 Å². The number of amides is 1. The minimum absolute atomic E-state index is 0.159. The summed E-state index contributed by atoms with van der Waals surface area (Å²) >= 11 is 19.5. The van der Waals surface area contributed by atoms with E-state index < -0.39 is 0 Å². The van der Waals surface area contributed by atoms with Gasteiger partial charge >= 0.3 is 0 Å². The van der Waals surface area contributed by atoms with Crippen LogP contribution in [0.3, 0.4) is 0 Å². The van der Waals surface area contributed by atoms with Crippen LogP contribution in [-0.4, -0.2) is 32.6 Å². The Labute approximate surface area is 211 Å². The van der Waals surface area contributed by atoms with Crippen molar-refractivity contribution >= 4 is 58.7 Å². The summed E-state index contributed by atoms with van der Waals surface area (Å²) < 4.78 is 2.18. The molecule has 0 bridgehead atoms. The van der Waals surface area contributed by atoms with Crippen molar-refractivity contribution in [2.45, 2.75) is 43.3 Å². The predicted octanol–water partition coefficient (Wildman–Crippen LogP) is 6.65. The Hall–Kier alpha value is -2.06. The van der Waals surface area contributed by atoms with Crippen LogP contribution in [0, 0.1) is 0 Å². The van der Waals surface area contributed by atoms with Crippen molar-refractivity contribution in [3.05, 3.63) is 63.1 Å². The number of carbonyl (C=O) groups is 1. The highest BCUT2D eigenvalue weighted by Crippen LogP contribution is 2.35. The molecular weight excluding hydrogens is 501 g/mol. The van der Waals surface area contributed by atoms with Crippen LogP contribution in [0.4, 0.5) is 0 Å². The second-order valence-electron chi connectivity index (χ2n) is 7.70. The Morgan fingerprint density at radius 3 is 2.61 bits per heavy atom. The van der Waals surface area contributed by atoms with E-state index in [1.807, 2.05) is 24.3 Å². The number of hydrogen-bond acceptors (Lipinski definition) is 5. The SMILES string of the molecule is O=C(CSc1nnc(-c2ccc(Cl)cc2)n1C1CCCCC1)NN=Cc1cccc(Cl)c1Cl. The fourth-order valence-electron chi connectivity index (χ4n) is 3.80. The first-order valence-corrected chi connectivity index (χ1v) is 12.7. The molecule has 2 aromatic carbocycles. The van der Waals surface area contributed by atoms with Gasteiger partial charge in [0.15, 0.2) is 11.0 Å². The number of nitrogens with one attached hydrogen (secondary N) is 1. The van der Waals surface area contributed by atoms with Gasteiger partial charge in [0, 0.05) is 22.2 Å². The van der Waals surface area contributed by atoms with Crippen LogP contribution in [0.25, 0.3) is 11.4 Å². The number of thioether (sulfide) groups is 1. The average molecular weight is 523 g/mol. The van der Waals surface area contributed by atoms with E-state index in [0.29, 0.717) is 26.7 Å². The van der Waals surface area contributed by atoms with Crippen molar-refractivity contribution in [1.82, 2.24) is 20.2 Å². The maximum atomic E-state index is 12.4. The highest BCUT2D eigenvalue weighted by Gasteiger charge is 2.24. The van der Waals surface area contributed by atoms with Gasteiger partial charge in [-0.2, -0.15) is 5.10 Å². The fourth-order valence-corrected chi connectivity index (χ4v) is 5.08. The van der Waals surface area contributed by atoms with E-state index in [1.165, 1.54) is 37.2 Å². The first kappa shape index (κ1) is 24.1. The summed E-state index contributed by atoms with van der Waals surface area (Å²) in [5.74, 6) is 0.710. The minimum Gasteiger partial charge on any atom is -0.299 e. The Bertz CT molecular complexity index is 1140. The Morgan fingerprint density at radius 2 is 1.85 bits per heavy atom. The monoisotopic (exact) mass is 521 g/mol. The van der Waals surface area contributed by atoms with Gasteiger partial charge in [-0.1, -0.05) is 78.0 Å². The smallest absolute Gasteiger partial charge is 0.250 e. The minimum atomic E-state index is -0.249. The topological polar surface area (TPSA) is 72.2 Å². The molecule has 33 heavy (non-hydrogen) atoms. The van der Waals surface area contributed by atoms with Crippen molar-refractivity contribution in [3.8, 4) is 11.4 Å². The zero-order valence-corrected chi connectivity index (χ0v) is 20.8. The molecule has 0 saturated heterocycles. The molecule has 0 radical (unpaired) electrons. The number of carbonyl (C=O) groups excluding carboxylic acids is 1. The van der Waals surface area contributed by atoms with Gasteiger partial charge in [0.05, 0.1) is 22.0 Å². The summed E-state index contributed by atoms with van der Waals surface area (Å²) in [6, 6.07) is 13.1. The molecule has 0 aliphatic heterocycles. The van der Waals surface area contributed by atoms with E-state index in [-0.39, 0.29) is 11.7 Å². The molecule has 6 nitrogen and oxygen atoms in total. The van der Waals surface area contributed by atoms with E-state index in [0.717, 1.165) is 29.4 Å². The summed E-state index contributed by atoms with van der Waals surface area (Å²) in [5.41, 5.74) is 4.11. The molecule has 10 heteroatoms. The lowest BCUT2D eigenvalue weighted by Crippen LogP contribution is -2.20. The van der Waals surface area contributed by atoms with Crippen molar-refractivity contribution in [3.63, 3.8) is 0 Å². The number of hydrazone groups is 1. The molecule has 4 rings (SSSR count). The van der Waals surface area contributed by atoms with E-state index in [4.69, 9.17) is 34.8 Å². The number of benzene rings is 2. The lowest BCUT2D eigenvalue weighted by molar-refractivity contribution is -0.118. The summed E-state index contributed by atoms with van der Waals surface area (Å²) in [7, 11) is 0. The number of aromatic nitrogens is 3. The lowest BCUT2D eigenvalue weighted by atomic mass is 9.95. The maximum absolute atomic E-state index is 12.4. The van der Waals surface area contributed by atoms with Crippen molar-refractivity contribution < 1.29 is 4.79 Å². The second kappa shape index (κ2) is 11.4. The molecule has 172 valence electrons. The molecule has 1 aromatic heterocycles. The average Bonchev–Trinajstić information content (AvgIpc) is 3.25. The first-order valence-electron chi connectivity index (χ1n) is 10.6. The molecular formula is C23H22Cl3N5OS. The maximum Gasteiger partial charge on any atom is 0.250 e. The van der Waals surface area contributed by atoms with Gasteiger partial charge in [-0.25, -0.2) is 5.43 Å². The van der Waals surface area contributed by atoms with Crippen molar-refractivity contribution in [1.29, 1.82) is 0 Å². The molecule has 1 aliphatic carbocycles. The molecule has 1 saturated carbocycles. The summed E-state index contributed by atoms with van der Waals surface area (Å²) in [4.78, 5) is 12.4. The Kier molecular flexibility index (Phi) is 8.30. The third kappa shape index (κ3) is 6.09. The Morgan fingerprint density at radius 1 is 1.09 bits per heavy atom. The Balaban J connectivity index is 1.46. The molecule has 0 spiro atoms. The van der Waals surface area contributed by atoms with Gasteiger partial charge < -0.3 is 0 Å². The van der Waals surface area contributed by atoms with Crippen molar-refractivity contribution in [2.24, 2.45) is 5.10 Å². The zero-order valence-electron chi connectivity index (χ0n) is 17.7. The van der Waals surface area contributed by atoms with Gasteiger partial charge in [-0.15, -0.1) is 10.2 Å². The van der Waals surface area contributed by atoms with Crippen LogP contribution in [0.5, 0.6) is 0 Å². The molecule has 3 aromatic rings. The number of halogens is 3. The van der Waals surface area contributed by atoms with E-state index in [1.54, 1.807) is 18.2 Å². The van der Waals surface area contributed by atoms with Crippen LogP contribution in [0.15, 0.2) is 52.7 Å². The first-order chi connectivity index (χ1) is 16.0. The normalized spacial score (nSPS) is 14.6. The molecule has 1 N–H and O–H groups in total. The summed E-state index contributed by atoms with van der Waals surface area (Å²) in [5, 5.41) is 15.1. The van der Waals surface area contributed by atoms with Crippen LogP contribution in [0.1, 0.15) is 43.7 Å². The quantitative estimate of drug-likeness (QED) is 0.214. The second-order valence-corrected chi connectivity index (χ2v) is 9.86. The van der Waals surface area contributed by atoms with Gasteiger partial charge in [-0.05, 0) is 43.2 Å². The highest BCUT2D eigenvalue weighted by atomic mass is 35.5. The van der Waals surface area contributed by atoms with E-state index in [2.05, 4.69) is 25.3 Å².